The third-order valence-electron chi connectivity index (χ3n) is 7.73. The Bertz CT molecular complexity index is 526. The molecule has 0 saturated heterocycles. The maximum atomic E-state index is 14.2. The topological polar surface area (TPSA) is 17.1 Å². The van der Waals surface area contributed by atoms with Gasteiger partial charge in [0.15, 0.2) is 0 Å². The van der Waals surface area contributed by atoms with Gasteiger partial charge in [0.1, 0.15) is 5.78 Å². The molecule has 0 heterocycles. The van der Waals surface area contributed by atoms with Gasteiger partial charge in [-0.3, -0.25) is 4.79 Å². The minimum Gasteiger partial charge on any atom is -0.299 e. The first-order valence-corrected chi connectivity index (χ1v) is 9.01. The van der Waals surface area contributed by atoms with Gasteiger partial charge in [-0.25, -0.2) is 8.78 Å². The molecule has 0 aromatic heterocycles. The van der Waals surface area contributed by atoms with Crippen molar-refractivity contribution >= 4 is 5.78 Å². The maximum Gasteiger partial charge on any atom is 0.248 e. The van der Waals surface area contributed by atoms with E-state index in [0.717, 1.165) is 50.5 Å². The second-order valence-corrected chi connectivity index (χ2v) is 8.30. The van der Waals surface area contributed by atoms with Crippen LogP contribution in [-0.2, 0) is 4.79 Å². The van der Waals surface area contributed by atoms with Gasteiger partial charge in [-0.1, -0.05) is 18.6 Å². The molecule has 3 heteroatoms. The minimum absolute atomic E-state index is 0.108. The zero-order valence-corrected chi connectivity index (χ0v) is 13.4. The van der Waals surface area contributed by atoms with Gasteiger partial charge in [-0.05, 0) is 69.1 Å². The molecule has 0 unspecified atom stereocenters. The predicted octanol–water partition coefficient (Wildman–Crippen LogP) is 5.15. The fraction of sp³-hybridized carbons (Fsp3) is 0.842. The second-order valence-electron chi connectivity index (χ2n) is 8.30. The first-order valence-electron chi connectivity index (χ1n) is 9.01. The summed E-state index contributed by atoms with van der Waals surface area (Å²) in [5.74, 6) is 1.20. The molecular formula is C19H26F2O. The number of alkyl halides is 2. The molecule has 0 aromatic rings. The predicted molar refractivity (Wildman–Crippen MR) is 81.7 cm³/mol. The SMILES string of the molecule is C[C@]12CC[C@@H]3[C@@H](CCC4=CCCC[C@@]43C(F)F)[C@@H]1CCC2=O. The van der Waals surface area contributed by atoms with E-state index in [-0.39, 0.29) is 11.3 Å². The van der Waals surface area contributed by atoms with Crippen molar-refractivity contribution in [2.75, 3.05) is 0 Å². The average molecular weight is 308 g/mol. The summed E-state index contributed by atoms with van der Waals surface area (Å²) in [5, 5.41) is 0. The normalized spacial score (nSPS) is 47.7. The Hall–Kier alpha value is -0.730. The largest absolute Gasteiger partial charge is 0.299 e. The monoisotopic (exact) mass is 308 g/mol. The highest BCUT2D eigenvalue weighted by Gasteiger charge is 2.62. The van der Waals surface area contributed by atoms with E-state index in [1.807, 2.05) is 0 Å². The number of allylic oxidation sites excluding steroid dienone is 2. The van der Waals surface area contributed by atoms with Crippen LogP contribution in [0.4, 0.5) is 8.78 Å². The third-order valence-corrected chi connectivity index (χ3v) is 7.73. The number of Topliss-reactive ketones (excluding diaryl/α,β-unsaturated/α-hetero) is 1. The number of ketones is 1. The van der Waals surface area contributed by atoms with Crippen LogP contribution in [0.25, 0.3) is 0 Å². The van der Waals surface area contributed by atoms with Gasteiger partial charge < -0.3 is 0 Å². The van der Waals surface area contributed by atoms with Crippen molar-refractivity contribution in [3.8, 4) is 0 Å². The van der Waals surface area contributed by atoms with Crippen LogP contribution in [0.1, 0.15) is 64.7 Å². The van der Waals surface area contributed by atoms with E-state index >= 15 is 0 Å². The molecule has 0 amide bonds. The molecule has 3 fully saturated rings. The first-order chi connectivity index (χ1) is 10.5. The van der Waals surface area contributed by atoms with Gasteiger partial charge in [0.05, 0.1) is 5.41 Å². The highest BCUT2D eigenvalue weighted by atomic mass is 19.3. The fourth-order valence-corrected chi connectivity index (χ4v) is 6.61. The van der Waals surface area contributed by atoms with Crippen LogP contribution in [0.2, 0.25) is 0 Å². The van der Waals surface area contributed by atoms with E-state index in [0.29, 0.717) is 30.5 Å². The smallest absolute Gasteiger partial charge is 0.248 e. The molecule has 4 rings (SSSR count). The molecule has 0 bridgehead atoms. The molecule has 122 valence electrons. The molecule has 0 radical (unpaired) electrons. The van der Waals surface area contributed by atoms with Crippen LogP contribution in [0.5, 0.6) is 0 Å². The lowest BCUT2D eigenvalue weighted by Gasteiger charge is -2.57. The number of hydrogen-bond acceptors (Lipinski definition) is 1. The third kappa shape index (κ3) is 1.71. The van der Waals surface area contributed by atoms with E-state index in [1.54, 1.807) is 0 Å². The molecule has 0 aliphatic heterocycles. The van der Waals surface area contributed by atoms with Crippen LogP contribution in [0.3, 0.4) is 0 Å². The van der Waals surface area contributed by atoms with Crippen LogP contribution in [-0.4, -0.2) is 12.2 Å². The van der Waals surface area contributed by atoms with Crippen LogP contribution >= 0.6 is 0 Å². The lowest BCUT2D eigenvalue weighted by Crippen LogP contribution is -2.53. The molecule has 1 nitrogen and oxygen atoms in total. The van der Waals surface area contributed by atoms with Crippen molar-refractivity contribution in [3.63, 3.8) is 0 Å². The molecule has 5 atom stereocenters. The molecule has 22 heavy (non-hydrogen) atoms. The van der Waals surface area contributed by atoms with Crippen molar-refractivity contribution in [3.05, 3.63) is 11.6 Å². The highest BCUT2D eigenvalue weighted by molar-refractivity contribution is 5.87. The Labute approximate surface area is 131 Å². The van der Waals surface area contributed by atoms with Crippen molar-refractivity contribution < 1.29 is 13.6 Å². The zero-order valence-electron chi connectivity index (χ0n) is 13.4. The summed E-state index contributed by atoms with van der Waals surface area (Å²) in [6.07, 6.45) is 7.56. The summed E-state index contributed by atoms with van der Waals surface area (Å²) < 4.78 is 28.5. The summed E-state index contributed by atoms with van der Waals surface area (Å²) in [6, 6.07) is 0. The standard InChI is InChI=1S/C19H26F2O/c1-18-11-9-15-13(14(18)7-8-16(18)22)6-5-12-4-2-3-10-19(12,15)17(20)21/h4,13-15,17H,2-3,5-11H2,1H3/t13-,14-,15+,18-,19+/m0/s1. The summed E-state index contributed by atoms with van der Waals surface area (Å²) in [7, 11) is 0. The first kappa shape index (κ1) is 14.8. The van der Waals surface area contributed by atoms with Crippen molar-refractivity contribution in [1.82, 2.24) is 0 Å². The zero-order chi connectivity index (χ0) is 15.5. The second kappa shape index (κ2) is 4.88. The fourth-order valence-electron chi connectivity index (χ4n) is 6.61. The van der Waals surface area contributed by atoms with Gasteiger partial charge in [0.25, 0.3) is 0 Å². The lowest BCUT2D eigenvalue weighted by atomic mass is 9.47. The molecule has 3 saturated carbocycles. The summed E-state index contributed by atoms with van der Waals surface area (Å²) >= 11 is 0. The Morgan fingerprint density at radius 3 is 2.73 bits per heavy atom. The Kier molecular flexibility index (Phi) is 3.29. The highest BCUT2D eigenvalue weighted by Crippen LogP contribution is 2.66. The van der Waals surface area contributed by atoms with Crippen LogP contribution in [0, 0.1) is 28.6 Å². The van der Waals surface area contributed by atoms with Gasteiger partial charge in [-0.2, -0.15) is 0 Å². The number of hydrogen-bond donors (Lipinski definition) is 0. The number of carbonyl (C=O) groups excluding carboxylic acids is 1. The van der Waals surface area contributed by atoms with E-state index in [2.05, 4.69) is 13.0 Å². The summed E-state index contributed by atoms with van der Waals surface area (Å²) in [4.78, 5) is 12.3. The van der Waals surface area contributed by atoms with E-state index < -0.39 is 11.8 Å². The minimum atomic E-state index is -2.24. The van der Waals surface area contributed by atoms with Gasteiger partial charge in [0.2, 0.25) is 6.43 Å². The van der Waals surface area contributed by atoms with Crippen LogP contribution < -0.4 is 0 Å². The van der Waals surface area contributed by atoms with Crippen molar-refractivity contribution in [2.24, 2.45) is 28.6 Å². The Balaban J connectivity index is 1.74. The van der Waals surface area contributed by atoms with E-state index in [9.17, 15) is 13.6 Å². The molecule has 0 N–H and O–H groups in total. The summed E-state index contributed by atoms with van der Waals surface area (Å²) in [5.41, 5.74) is -0.00275. The average Bonchev–Trinajstić information content (AvgIpc) is 2.82. The van der Waals surface area contributed by atoms with E-state index in [1.165, 1.54) is 0 Å². The number of rotatable bonds is 1. The lowest BCUT2D eigenvalue weighted by molar-refractivity contribution is -0.139. The van der Waals surface area contributed by atoms with Crippen molar-refractivity contribution in [2.45, 2.75) is 71.1 Å². The molecular weight excluding hydrogens is 282 g/mol. The molecule has 0 spiro atoms. The maximum absolute atomic E-state index is 14.2. The van der Waals surface area contributed by atoms with Gasteiger partial charge in [0, 0.05) is 11.8 Å². The molecule has 4 aliphatic rings. The number of halogens is 2. The number of carbonyl (C=O) groups is 1. The molecule has 0 aromatic carbocycles. The Morgan fingerprint density at radius 2 is 1.95 bits per heavy atom. The van der Waals surface area contributed by atoms with Crippen molar-refractivity contribution in [1.29, 1.82) is 0 Å². The summed E-state index contributed by atoms with van der Waals surface area (Å²) in [6.45, 7) is 2.12. The van der Waals surface area contributed by atoms with Crippen LogP contribution in [0.15, 0.2) is 11.6 Å². The van der Waals surface area contributed by atoms with Gasteiger partial charge >= 0.3 is 0 Å². The number of fused-ring (bicyclic) bond motifs is 5. The van der Waals surface area contributed by atoms with E-state index in [4.69, 9.17) is 0 Å². The van der Waals surface area contributed by atoms with Gasteiger partial charge in [-0.15, -0.1) is 0 Å². The molecule has 4 aliphatic carbocycles. The quantitative estimate of drug-likeness (QED) is 0.612. The Morgan fingerprint density at radius 1 is 1.14 bits per heavy atom.